The number of hydrogen-bond donors (Lipinski definition) is 3. The number of rotatable bonds is 8. The van der Waals surface area contributed by atoms with Gasteiger partial charge in [0.15, 0.2) is 0 Å². The highest BCUT2D eigenvalue weighted by Crippen LogP contribution is 2.20. The van der Waals surface area contributed by atoms with Crippen molar-refractivity contribution in [1.82, 2.24) is 5.32 Å². The number of benzene rings is 1. The molecule has 0 radical (unpaired) electrons. The molecule has 0 aliphatic rings. The van der Waals surface area contributed by atoms with Crippen LogP contribution in [-0.4, -0.2) is 11.9 Å². The van der Waals surface area contributed by atoms with E-state index in [9.17, 15) is 4.79 Å². The van der Waals surface area contributed by atoms with Crippen LogP contribution in [0, 0.1) is 11.8 Å². The number of hydrogen-bond acceptors (Lipinski definition) is 3. The molecule has 0 aliphatic heterocycles. The highest BCUT2D eigenvalue weighted by Gasteiger charge is 2.22. The highest BCUT2D eigenvalue weighted by molar-refractivity contribution is 5.79. The fourth-order valence-electron chi connectivity index (χ4n) is 2.78. The van der Waals surface area contributed by atoms with Gasteiger partial charge in [-0.1, -0.05) is 37.6 Å². The maximum absolute atomic E-state index is 12.7. The first-order valence-electron chi connectivity index (χ1n) is 8.76. The number of nitrogens with two attached hydrogens (primary N) is 2. The normalized spacial score (nSPS) is 13.4. The van der Waals surface area contributed by atoms with E-state index in [1.165, 1.54) is 0 Å². The molecule has 1 aromatic rings. The average Bonchev–Trinajstić information content (AvgIpc) is 2.48. The third kappa shape index (κ3) is 6.65. The van der Waals surface area contributed by atoms with Crippen LogP contribution in [0.3, 0.4) is 0 Å². The Morgan fingerprint density at radius 3 is 2.33 bits per heavy atom. The molecular weight excluding hydrogens is 298 g/mol. The van der Waals surface area contributed by atoms with Gasteiger partial charge in [0.05, 0.1) is 0 Å². The van der Waals surface area contributed by atoms with Gasteiger partial charge in [-0.3, -0.25) is 4.79 Å². The zero-order chi connectivity index (χ0) is 18.3. The highest BCUT2D eigenvalue weighted by atomic mass is 16.1. The van der Waals surface area contributed by atoms with Gasteiger partial charge in [-0.15, -0.1) is 0 Å². The Hall–Kier alpha value is -1.97. The standard InChI is InChI=1S/C20H33N3O/c1-13(2)10-17(12-19(22)14(3)4)20(24)23-15(5)11-16-8-6-7-9-18(16)21/h6-9,13,15,17H,10-12,21-22H2,1-5H3,(H,23,24). The molecular formula is C20H33N3O. The first kappa shape index (κ1) is 20.1. The molecule has 0 aliphatic carbocycles. The first-order valence-corrected chi connectivity index (χ1v) is 8.76. The maximum Gasteiger partial charge on any atom is 0.223 e. The lowest BCUT2D eigenvalue weighted by Gasteiger charge is -2.22. The molecule has 0 spiro atoms. The van der Waals surface area contributed by atoms with Gasteiger partial charge in [-0.05, 0) is 57.6 Å². The summed E-state index contributed by atoms with van der Waals surface area (Å²) in [5.41, 5.74) is 15.8. The van der Waals surface area contributed by atoms with Crippen LogP contribution in [0.25, 0.3) is 0 Å². The molecule has 4 nitrogen and oxygen atoms in total. The molecule has 1 rings (SSSR count). The van der Waals surface area contributed by atoms with Crippen molar-refractivity contribution in [2.45, 2.75) is 59.9 Å². The predicted molar refractivity (Wildman–Crippen MR) is 102 cm³/mol. The van der Waals surface area contributed by atoms with Crippen molar-refractivity contribution >= 4 is 11.6 Å². The van der Waals surface area contributed by atoms with Gasteiger partial charge >= 0.3 is 0 Å². The van der Waals surface area contributed by atoms with E-state index in [-0.39, 0.29) is 17.9 Å². The summed E-state index contributed by atoms with van der Waals surface area (Å²) in [5.74, 6) is 0.441. The van der Waals surface area contributed by atoms with Gasteiger partial charge in [0.1, 0.15) is 0 Å². The van der Waals surface area contributed by atoms with E-state index in [4.69, 9.17) is 11.5 Å². The Morgan fingerprint density at radius 1 is 1.17 bits per heavy atom. The molecule has 0 bridgehead atoms. The monoisotopic (exact) mass is 331 g/mol. The van der Waals surface area contributed by atoms with E-state index in [1.54, 1.807) is 0 Å². The minimum Gasteiger partial charge on any atom is -0.402 e. The Morgan fingerprint density at radius 2 is 1.79 bits per heavy atom. The number of carbonyl (C=O) groups excluding carboxylic acids is 1. The molecule has 134 valence electrons. The topological polar surface area (TPSA) is 81.1 Å². The fraction of sp³-hybridized carbons (Fsp3) is 0.550. The molecule has 0 saturated heterocycles. The Kier molecular flexibility index (Phi) is 7.83. The van der Waals surface area contributed by atoms with E-state index in [2.05, 4.69) is 19.2 Å². The van der Waals surface area contributed by atoms with Crippen molar-refractivity contribution in [2.24, 2.45) is 17.6 Å². The molecule has 1 aromatic carbocycles. The van der Waals surface area contributed by atoms with Gasteiger partial charge in [-0.2, -0.15) is 0 Å². The quantitative estimate of drug-likeness (QED) is 0.636. The summed E-state index contributed by atoms with van der Waals surface area (Å²) in [6, 6.07) is 7.82. The second-order valence-electron chi connectivity index (χ2n) is 7.37. The minimum atomic E-state index is -0.0875. The minimum absolute atomic E-state index is 0.0322. The summed E-state index contributed by atoms with van der Waals surface area (Å²) in [4.78, 5) is 12.7. The molecule has 1 amide bonds. The second kappa shape index (κ2) is 9.36. The Balaban J connectivity index is 2.72. The third-order valence-electron chi connectivity index (χ3n) is 4.21. The van der Waals surface area contributed by atoms with E-state index in [0.717, 1.165) is 35.4 Å². The lowest BCUT2D eigenvalue weighted by Crippen LogP contribution is -2.39. The van der Waals surface area contributed by atoms with Crippen LogP contribution in [0.1, 0.15) is 53.0 Å². The number of carbonyl (C=O) groups is 1. The van der Waals surface area contributed by atoms with E-state index in [0.29, 0.717) is 12.3 Å². The van der Waals surface area contributed by atoms with Crippen LogP contribution >= 0.6 is 0 Å². The van der Waals surface area contributed by atoms with Crippen LogP contribution in [0.5, 0.6) is 0 Å². The molecule has 2 unspecified atom stereocenters. The van der Waals surface area contributed by atoms with Gasteiger partial charge in [-0.25, -0.2) is 0 Å². The van der Waals surface area contributed by atoms with Gasteiger partial charge in [0, 0.05) is 23.3 Å². The number of para-hydroxylation sites is 1. The van der Waals surface area contributed by atoms with Crippen molar-refractivity contribution in [3.8, 4) is 0 Å². The summed E-state index contributed by atoms with van der Waals surface area (Å²) >= 11 is 0. The third-order valence-corrected chi connectivity index (χ3v) is 4.21. The summed E-state index contributed by atoms with van der Waals surface area (Å²) < 4.78 is 0. The second-order valence-corrected chi connectivity index (χ2v) is 7.37. The summed E-state index contributed by atoms with van der Waals surface area (Å²) in [6.07, 6.45) is 2.18. The van der Waals surface area contributed by atoms with Crippen LogP contribution in [0.2, 0.25) is 0 Å². The fourth-order valence-corrected chi connectivity index (χ4v) is 2.78. The maximum atomic E-state index is 12.7. The average molecular weight is 332 g/mol. The van der Waals surface area contributed by atoms with E-state index >= 15 is 0 Å². The summed E-state index contributed by atoms with van der Waals surface area (Å²) in [6.45, 7) is 10.3. The number of nitrogens with one attached hydrogen (secondary N) is 1. The molecule has 5 N–H and O–H groups in total. The molecule has 0 saturated carbocycles. The smallest absolute Gasteiger partial charge is 0.223 e. The van der Waals surface area contributed by atoms with Crippen molar-refractivity contribution in [3.05, 3.63) is 41.1 Å². The van der Waals surface area contributed by atoms with Crippen molar-refractivity contribution in [3.63, 3.8) is 0 Å². The molecule has 0 heterocycles. The Bertz CT molecular complexity index is 574. The van der Waals surface area contributed by atoms with Crippen LogP contribution in [0.4, 0.5) is 5.69 Å². The zero-order valence-electron chi connectivity index (χ0n) is 15.7. The first-order chi connectivity index (χ1) is 11.2. The van der Waals surface area contributed by atoms with E-state index in [1.807, 2.05) is 45.0 Å². The predicted octanol–water partition coefficient (Wildman–Crippen LogP) is 3.62. The van der Waals surface area contributed by atoms with Crippen LogP contribution < -0.4 is 16.8 Å². The van der Waals surface area contributed by atoms with Crippen LogP contribution in [-0.2, 0) is 11.2 Å². The number of amides is 1. The van der Waals surface area contributed by atoms with Crippen molar-refractivity contribution in [2.75, 3.05) is 5.73 Å². The number of anilines is 1. The summed E-state index contributed by atoms with van der Waals surface area (Å²) in [7, 11) is 0. The zero-order valence-corrected chi connectivity index (χ0v) is 15.7. The molecule has 24 heavy (non-hydrogen) atoms. The Labute approximate surface area is 146 Å². The number of nitrogen functional groups attached to an aromatic ring is 1. The van der Waals surface area contributed by atoms with Gasteiger partial charge in [0.25, 0.3) is 0 Å². The molecule has 2 atom stereocenters. The molecule has 0 aromatic heterocycles. The SMILES string of the molecule is CC(C)=C(N)CC(CC(C)C)C(=O)NC(C)Cc1ccccc1N. The van der Waals surface area contributed by atoms with E-state index < -0.39 is 0 Å². The lowest BCUT2D eigenvalue weighted by atomic mass is 9.91. The van der Waals surface area contributed by atoms with Crippen molar-refractivity contribution < 1.29 is 4.79 Å². The lowest BCUT2D eigenvalue weighted by molar-refractivity contribution is -0.126. The van der Waals surface area contributed by atoms with Gasteiger partial charge < -0.3 is 16.8 Å². The van der Waals surface area contributed by atoms with Gasteiger partial charge in [0.2, 0.25) is 5.91 Å². The molecule has 0 fully saturated rings. The molecule has 4 heteroatoms. The number of allylic oxidation sites excluding steroid dienone is 2. The summed E-state index contributed by atoms with van der Waals surface area (Å²) in [5, 5.41) is 3.13. The largest absolute Gasteiger partial charge is 0.402 e. The van der Waals surface area contributed by atoms with Crippen LogP contribution in [0.15, 0.2) is 35.5 Å². The van der Waals surface area contributed by atoms with Crippen molar-refractivity contribution in [1.29, 1.82) is 0 Å².